The van der Waals surface area contributed by atoms with E-state index >= 15 is 0 Å². The van der Waals surface area contributed by atoms with Crippen molar-refractivity contribution in [1.82, 2.24) is 5.32 Å². The van der Waals surface area contributed by atoms with E-state index in [1.54, 1.807) is 20.8 Å². The molecule has 0 aliphatic rings. The molecule has 0 saturated carbocycles. The van der Waals surface area contributed by atoms with E-state index < -0.39 is 36.2 Å². The summed E-state index contributed by atoms with van der Waals surface area (Å²) in [5.74, 6) is -1.10. The van der Waals surface area contributed by atoms with Gasteiger partial charge >= 0.3 is 12.1 Å². The lowest BCUT2D eigenvalue weighted by Crippen LogP contribution is -2.46. The molecule has 0 saturated heterocycles. The molecule has 0 rings (SSSR count). The summed E-state index contributed by atoms with van der Waals surface area (Å²) in [5, 5.41) is 21.0. The number of hydrogen-bond donors (Lipinski definition) is 3. The molecule has 0 radical (unpaired) electrons. The Morgan fingerprint density at radius 2 is 1.89 bits per heavy atom. The molecule has 0 aromatic heterocycles. The van der Waals surface area contributed by atoms with E-state index in [2.05, 4.69) is 5.32 Å². The molecule has 19 heavy (non-hydrogen) atoms. The molecule has 0 aromatic rings. The zero-order valence-electron chi connectivity index (χ0n) is 12.1. The summed E-state index contributed by atoms with van der Waals surface area (Å²) >= 11 is 0. The van der Waals surface area contributed by atoms with Gasteiger partial charge in [0.15, 0.2) is 0 Å². The number of aliphatic carboxylic acids is 1. The highest BCUT2D eigenvalue weighted by Gasteiger charge is 2.25. The fourth-order valence-electron chi connectivity index (χ4n) is 1.56. The van der Waals surface area contributed by atoms with E-state index in [0.29, 0.717) is 6.42 Å². The zero-order valence-corrected chi connectivity index (χ0v) is 12.1. The fraction of sp³-hybridized carbons (Fsp3) is 0.846. The molecule has 0 heterocycles. The Labute approximate surface area is 114 Å². The third-order valence-corrected chi connectivity index (χ3v) is 2.42. The standard InChI is InChI=1S/C13H25NO5/c1-5-6-7-9(10(15)8-11(16)17)14-12(18)19-13(2,3)4/h9-10,15H,5-8H2,1-4H3,(H,14,18)(H,16,17). The van der Waals surface area contributed by atoms with Crippen LogP contribution in [0, 0.1) is 0 Å². The number of carboxylic acids is 1. The Bertz CT molecular complexity index is 298. The summed E-state index contributed by atoms with van der Waals surface area (Å²) in [6.07, 6.45) is 0.0484. The number of carboxylic acid groups (broad SMARTS) is 1. The van der Waals surface area contributed by atoms with Gasteiger partial charge in [0.2, 0.25) is 0 Å². The summed E-state index contributed by atoms with van der Waals surface area (Å²) in [4.78, 5) is 22.2. The highest BCUT2D eigenvalue weighted by atomic mass is 16.6. The number of hydrogen-bond acceptors (Lipinski definition) is 4. The first-order valence-corrected chi connectivity index (χ1v) is 6.55. The van der Waals surface area contributed by atoms with Crippen LogP contribution in [0.2, 0.25) is 0 Å². The topological polar surface area (TPSA) is 95.9 Å². The minimum atomic E-state index is -1.11. The number of unbranched alkanes of at least 4 members (excludes halogenated alkanes) is 1. The lowest BCUT2D eigenvalue weighted by atomic mass is 10.0. The van der Waals surface area contributed by atoms with Gasteiger partial charge in [0.25, 0.3) is 0 Å². The van der Waals surface area contributed by atoms with Crippen LogP contribution < -0.4 is 5.32 Å². The van der Waals surface area contributed by atoms with Crippen LogP contribution in [0.15, 0.2) is 0 Å². The van der Waals surface area contributed by atoms with Gasteiger partial charge in [0.1, 0.15) is 5.60 Å². The van der Waals surface area contributed by atoms with E-state index in [4.69, 9.17) is 9.84 Å². The second-order valence-corrected chi connectivity index (χ2v) is 5.56. The van der Waals surface area contributed by atoms with Gasteiger partial charge in [-0.3, -0.25) is 4.79 Å². The monoisotopic (exact) mass is 275 g/mol. The molecule has 0 spiro atoms. The highest BCUT2D eigenvalue weighted by molar-refractivity contribution is 5.69. The van der Waals surface area contributed by atoms with Gasteiger partial charge in [-0.15, -0.1) is 0 Å². The molecule has 0 fully saturated rings. The Balaban J connectivity index is 4.49. The number of aliphatic hydroxyl groups excluding tert-OH is 1. The smallest absolute Gasteiger partial charge is 0.407 e. The molecular weight excluding hydrogens is 250 g/mol. The van der Waals surface area contributed by atoms with Crippen LogP contribution >= 0.6 is 0 Å². The van der Waals surface area contributed by atoms with Crippen molar-refractivity contribution in [3.63, 3.8) is 0 Å². The number of rotatable bonds is 7. The van der Waals surface area contributed by atoms with Crippen LogP contribution in [0.4, 0.5) is 4.79 Å². The average molecular weight is 275 g/mol. The Morgan fingerprint density at radius 1 is 1.32 bits per heavy atom. The van der Waals surface area contributed by atoms with Crippen molar-refractivity contribution >= 4 is 12.1 Å². The van der Waals surface area contributed by atoms with Crippen LogP contribution in [0.5, 0.6) is 0 Å². The molecule has 3 N–H and O–H groups in total. The first-order chi connectivity index (χ1) is 8.65. The third kappa shape index (κ3) is 9.30. The van der Waals surface area contributed by atoms with Crippen LogP contribution in [0.3, 0.4) is 0 Å². The largest absolute Gasteiger partial charge is 0.481 e. The van der Waals surface area contributed by atoms with Crippen LogP contribution in [0.1, 0.15) is 53.4 Å². The second kappa shape index (κ2) is 7.99. The average Bonchev–Trinajstić information content (AvgIpc) is 2.20. The molecule has 6 heteroatoms. The molecule has 2 atom stereocenters. The summed E-state index contributed by atoms with van der Waals surface area (Å²) in [6.45, 7) is 7.19. The van der Waals surface area contributed by atoms with Crippen molar-refractivity contribution in [2.24, 2.45) is 0 Å². The van der Waals surface area contributed by atoms with Gasteiger partial charge in [-0.05, 0) is 27.2 Å². The predicted molar refractivity (Wildman–Crippen MR) is 70.9 cm³/mol. The third-order valence-electron chi connectivity index (χ3n) is 2.42. The van der Waals surface area contributed by atoms with E-state index in [1.165, 1.54) is 0 Å². The van der Waals surface area contributed by atoms with Crippen LogP contribution in [-0.2, 0) is 9.53 Å². The molecule has 0 bridgehead atoms. The first-order valence-electron chi connectivity index (χ1n) is 6.55. The maximum absolute atomic E-state index is 11.6. The molecule has 112 valence electrons. The minimum absolute atomic E-state index is 0.399. The number of carbonyl (C=O) groups excluding carboxylic acids is 1. The van der Waals surface area contributed by atoms with Crippen molar-refractivity contribution in [3.8, 4) is 0 Å². The van der Waals surface area contributed by atoms with Crippen molar-refractivity contribution in [1.29, 1.82) is 0 Å². The molecule has 0 aliphatic carbocycles. The van der Waals surface area contributed by atoms with Crippen molar-refractivity contribution < 1.29 is 24.5 Å². The number of amides is 1. The summed E-state index contributed by atoms with van der Waals surface area (Å²) in [7, 11) is 0. The molecule has 6 nitrogen and oxygen atoms in total. The Morgan fingerprint density at radius 3 is 2.32 bits per heavy atom. The number of alkyl carbamates (subject to hydrolysis) is 1. The molecule has 0 aromatic carbocycles. The van der Waals surface area contributed by atoms with E-state index in [0.717, 1.165) is 12.8 Å². The van der Waals surface area contributed by atoms with Gasteiger partial charge in [0, 0.05) is 0 Å². The van der Waals surface area contributed by atoms with Gasteiger partial charge in [0.05, 0.1) is 18.6 Å². The highest BCUT2D eigenvalue weighted by Crippen LogP contribution is 2.11. The number of nitrogens with one attached hydrogen (secondary N) is 1. The Kier molecular flexibility index (Phi) is 7.44. The quantitative estimate of drug-likeness (QED) is 0.659. The maximum atomic E-state index is 11.6. The van der Waals surface area contributed by atoms with Gasteiger partial charge < -0.3 is 20.3 Å². The van der Waals surface area contributed by atoms with Crippen molar-refractivity contribution in [2.45, 2.75) is 71.1 Å². The SMILES string of the molecule is CCCCC(NC(=O)OC(C)(C)C)C(O)CC(=O)O. The first kappa shape index (κ1) is 17.7. The molecular formula is C13H25NO5. The molecule has 0 aliphatic heterocycles. The van der Waals surface area contributed by atoms with Crippen LogP contribution in [0.25, 0.3) is 0 Å². The van der Waals surface area contributed by atoms with E-state index in [9.17, 15) is 14.7 Å². The lowest BCUT2D eigenvalue weighted by Gasteiger charge is -2.26. The second-order valence-electron chi connectivity index (χ2n) is 5.56. The van der Waals surface area contributed by atoms with Crippen molar-refractivity contribution in [2.75, 3.05) is 0 Å². The minimum Gasteiger partial charge on any atom is -0.481 e. The van der Waals surface area contributed by atoms with E-state index in [1.807, 2.05) is 6.92 Å². The lowest BCUT2D eigenvalue weighted by molar-refractivity contribution is -0.139. The van der Waals surface area contributed by atoms with E-state index in [-0.39, 0.29) is 0 Å². The normalized spacial score (nSPS) is 14.6. The number of carbonyl (C=O) groups is 2. The summed E-state index contributed by atoms with van der Waals surface area (Å²) in [6, 6.07) is -0.606. The maximum Gasteiger partial charge on any atom is 0.407 e. The van der Waals surface area contributed by atoms with Gasteiger partial charge in [-0.25, -0.2) is 4.79 Å². The van der Waals surface area contributed by atoms with Crippen LogP contribution in [-0.4, -0.2) is 40.0 Å². The zero-order chi connectivity index (χ0) is 15.1. The van der Waals surface area contributed by atoms with Gasteiger partial charge in [-0.2, -0.15) is 0 Å². The Hall–Kier alpha value is -1.30. The number of ether oxygens (including phenoxy) is 1. The summed E-state index contributed by atoms with van der Waals surface area (Å²) < 4.78 is 5.09. The fourth-order valence-corrected chi connectivity index (χ4v) is 1.56. The predicted octanol–water partition coefficient (Wildman–Crippen LogP) is 1.91. The van der Waals surface area contributed by atoms with Crippen molar-refractivity contribution in [3.05, 3.63) is 0 Å². The van der Waals surface area contributed by atoms with Gasteiger partial charge in [-0.1, -0.05) is 19.8 Å². The molecule has 2 unspecified atom stereocenters. The summed E-state index contributed by atoms with van der Waals surface area (Å²) in [5.41, 5.74) is -0.628. The number of aliphatic hydroxyl groups is 1. The molecule has 1 amide bonds.